The minimum atomic E-state index is 0.979. The smallest absolute Gasteiger partial charge is 0.0890 e. The van der Waals surface area contributed by atoms with Gasteiger partial charge in [0.05, 0.1) is 16.7 Å². The molecule has 0 saturated carbocycles. The van der Waals surface area contributed by atoms with E-state index >= 15 is 0 Å². The van der Waals surface area contributed by atoms with Crippen LogP contribution in [0.5, 0.6) is 0 Å². The van der Waals surface area contributed by atoms with Crippen LogP contribution >= 0.6 is 0 Å². The Morgan fingerprint density at radius 2 is 1.93 bits per heavy atom. The van der Waals surface area contributed by atoms with Gasteiger partial charge in [0, 0.05) is 6.20 Å². The molecule has 0 N–H and O–H groups in total. The van der Waals surface area contributed by atoms with Gasteiger partial charge in [0.2, 0.25) is 0 Å². The standard InChI is InChI=1S/C12H14N2/c1-2-3-6-10-9-13-11-7-4-5-8-12(11)14-10/h4-5,7-9H,2-3,6H2,1H3. The molecule has 1 aromatic heterocycles. The van der Waals surface area contributed by atoms with Gasteiger partial charge < -0.3 is 0 Å². The van der Waals surface area contributed by atoms with Crippen LogP contribution in [0.25, 0.3) is 11.0 Å². The van der Waals surface area contributed by atoms with Gasteiger partial charge in [-0.25, -0.2) is 4.98 Å². The van der Waals surface area contributed by atoms with Crippen LogP contribution in [0.15, 0.2) is 30.5 Å². The summed E-state index contributed by atoms with van der Waals surface area (Å²) in [6.45, 7) is 2.19. The molecule has 0 aliphatic rings. The van der Waals surface area contributed by atoms with Crippen molar-refractivity contribution < 1.29 is 0 Å². The summed E-state index contributed by atoms with van der Waals surface area (Å²) in [6.07, 6.45) is 5.31. The Morgan fingerprint density at radius 1 is 1.14 bits per heavy atom. The number of nitrogens with zero attached hydrogens (tertiary/aromatic N) is 2. The molecule has 0 radical (unpaired) electrons. The maximum Gasteiger partial charge on any atom is 0.0890 e. The molecule has 2 aromatic rings. The minimum absolute atomic E-state index is 0.979. The molecule has 0 atom stereocenters. The van der Waals surface area contributed by atoms with Crippen LogP contribution in [0.1, 0.15) is 25.5 Å². The van der Waals surface area contributed by atoms with Gasteiger partial charge in [-0.3, -0.25) is 4.98 Å². The second kappa shape index (κ2) is 4.18. The third-order valence-corrected chi connectivity index (χ3v) is 2.28. The molecule has 2 rings (SSSR count). The van der Waals surface area contributed by atoms with Crippen LogP contribution in [-0.2, 0) is 6.42 Å². The summed E-state index contributed by atoms with van der Waals surface area (Å²) in [4.78, 5) is 8.92. The molecule has 0 bridgehead atoms. The molecule has 72 valence electrons. The maximum absolute atomic E-state index is 4.55. The molecular weight excluding hydrogens is 172 g/mol. The number of aromatic nitrogens is 2. The third-order valence-electron chi connectivity index (χ3n) is 2.28. The van der Waals surface area contributed by atoms with Crippen molar-refractivity contribution in [3.05, 3.63) is 36.2 Å². The van der Waals surface area contributed by atoms with Gasteiger partial charge in [-0.2, -0.15) is 0 Å². The lowest BCUT2D eigenvalue weighted by molar-refractivity contribution is 0.776. The fourth-order valence-corrected chi connectivity index (χ4v) is 1.47. The Morgan fingerprint density at radius 3 is 2.71 bits per heavy atom. The molecule has 0 unspecified atom stereocenters. The van der Waals surface area contributed by atoms with E-state index in [0.29, 0.717) is 0 Å². The number of rotatable bonds is 3. The molecule has 0 saturated heterocycles. The molecule has 2 heteroatoms. The normalized spacial score (nSPS) is 10.6. The molecule has 1 heterocycles. The molecule has 2 nitrogen and oxygen atoms in total. The fraction of sp³-hybridized carbons (Fsp3) is 0.333. The van der Waals surface area contributed by atoms with Crippen molar-refractivity contribution in [2.24, 2.45) is 0 Å². The maximum atomic E-state index is 4.55. The number of hydrogen-bond acceptors (Lipinski definition) is 2. The molecule has 0 aliphatic carbocycles. The van der Waals surface area contributed by atoms with E-state index in [1.54, 1.807) is 0 Å². The van der Waals surface area contributed by atoms with E-state index in [0.717, 1.165) is 23.1 Å². The summed E-state index contributed by atoms with van der Waals surface area (Å²) in [5, 5.41) is 0. The summed E-state index contributed by atoms with van der Waals surface area (Å²) >= 11 is 0. The van der Waals surface area contributed by atoms with Gasteiger partial charge in [0.15, 0.2) is 0 Å². The van der Waals surface area contributed by atoms with Gasteiger partial charge in [0.25, 0.3) is 0 Å². The zero-order chi connectivity index (χ0) is 9.80. The summed E-state index contributed by atoms with van der Waals surface area (Å²) in [7, 11) is 0. The number of aryl methyl sites for hydroxylation is 1. The summed E-state index contributed by atoms with van der Waals surface area (Å²) < 4.78 is 0. The lowest BCUT2D eigenvalue weighted by Gasteiger charge is -2.00. The van der Waals surface area contributed by atoms with Crippen LogP contribution in [0.3, 0.4) is 0 Å². The van der Waals surface area contributed by atoms with Crippen molar-refractivity contribution in [2.75, 3.05) is 0 Å². The lowest BCUT2D eigenvalue weighted by Crippen LogP contribution is -1.92. The van der Waals surface area contributed by atoms with E-state index in [4.69, 9.17) is 0 Å². The summed E-state index contributed by atoms with van der Waals surface area (Å²) in [5.74, 6) is 0. The van der Waals surface area contributed by atoms with E-state index in [1.807, 2.05) is 30.5 Å². The molecule has 14 heavy (non-hydrogen) atoms. The van der Waals surface area contributed by atoms with Gasteiger partial charge in [-0.05, 0) is 25.0 Å². The van der Waals surface area contributed by atoms with Crippen molar-refractivity contribution in [2.45, 2.75) is 26.2 Å². The first-order chi connectivity index (χ1) is 6.90. The topological polar surface area (TPSA) is 25.8 Å². The number of hydrogen-bond donors (Lipinski definition) is 0. The van der Waals surface area contributed by atoms with Gasteiger partial charge in [-0.1, -0.05) is 25.5 Å². The van der Waals surface area contributed by atoms with Crippen molar-refractivity contribution in [1.82, 2.24) is 9.97 Å². The zero-order valence-corrected chi connectivity index (χ0v) is 8.40. The van der Waals surface area contributed by atoms with E-state index in [2.05, 4.69) is 16.9 Å². The predicted molar refractivity (Wildman–Crippen MR) is 58.2 cm³/mol. The van der Waals surface area contributed by atoms with Crippen molar-refractivity contribution >= 4 is 11.0 Å². The average molecular weight is 186 g/mol. The Labute approximate surface area is 84.0 Å². The molecule has 1 aromatic carbocycles. The van der Waals surface area contributed by atoms with E-state index in [9.17, 15) is 0 Å². The molecule has 0 fully saturated rings. The first-order valence-corrected chi connectivity index (χ1v) is 5.11. The van der Waals surface area contributed by atoms with E-state index in [1.165, 1.54) is 12.8 Å². The van der Waals surface area contributed by atoms with Crippen LogP contribution in [-0.4, -0.2) is 9.97 Å². The summed E-state index contributed by atoms with van der Waals surface area (Å²) in [5.41, 5.74) is 3.08. The number of unbranched alkanes of at least 4 members (excludes halogenated alkanes) is 1. The van der Waals surface area contributed by atoms with E-state index in [-0.39, 0.29) is 0 Å². The highest BCUT2D eigenvalue weighted by atomic mass is 14.8. The van der Waals surface area contributed by atoms with Crippen molar-refractivity contribution in [3.8, 4) is 0 Å². The minimum Gasteiger partial charge on any atom is -0.253 e. The van der Waals surface area contributed by atoms with E-state index < -0.39 is 0 Å². The van der Waals surface area contributed by atoms with Gasteiger partial charge >= 0.3 is 0 Å². The molecule has 0 amide bonds. The highest BCUT2D eigenvalue weighted by molar-refractivity contribution is 5.73. The van der Waals surface area contributed by atoms with Gasteiger partial charge in [0.1, 0.15) is 0 Å². The highest BCUT2D eigenvalue weighted by Gasteiger charge is 1.97. The molecule has 0 aliphatic heterocycles. The Balaban J connectivity index is 2.32. The van der Waals surface area contributed by atoms with Gasteiger partial charge in [-0.15, -0.1) is 0 Å². The van der Waals surface area contributed by atoms with Crippen molar-refractivity contribution in [3.63, 3.8) is 0 Å². The second-order valence-electron chi connectivity index (χ2n) is 3.45. The fourth-order valence-electron chi connectivity index (χ4n) is 1.47. The Hall–Kier alpha value is -1.44. The highest BCUT2D eigenvalue weighted by Crippen LogP contribution is 2.09. The Kier molecular flexibility index (Phi) is 2.73. The van der Waals surface area contributed by atoms with Crippen LogP contribution in [0.4, 0.5) is 0 Å². The largest absolute Gasteiger partial charge is 0.253 e. The first-order valence-electron chi connectivity index (χ1n) is 5.11. The quantitative estimate of drug-likeness (QED) is 0.736. The van der Waals surface area contributed by atoms with Crippen molar-refractivity contribution in [1.29, 1.82) is 0 Å². The number of fused-ring (bicyclic) bond motifs is 1. The SMILES string of the molecule is CCCCc1cnc2ccccc2n1. The predicted octanol–water partition coefficient (Wildman–Crippen LogP) is 2.97. The molecular formula is C12H14N2. The summed E-state index contributed by atoms with van der Waals surface area (Å²) in [6, 6.07) is 7.99. The number of benzene rings is 1. The van der Waals surface area contributed by atoms with Crippen LogP contribution in [0.2, 0.25) is 0 Å². The lowest BCUT2D eigenvalue weighted by atomic mass is 10.2. The second-order valence-corrected chi connectivity index (χ2v) is 3.45. The monoisotopic (exact) mass is 186 g/mol. The third kappa shape index (κ3) is 1.90. The molecule has 0 spiro atoms. The first kappa shape index (κ1) is 9.13. The van der Waals surface area contributed by atoms with Crippen LogP contribution < -0.4 is 0 Å². The average Bonchev–Trinajstić information content (AvgIpc) is 2.26. The Bertz CT molecular complexity index is 423. The van der Waals surface area contributed by atoms with Crippen LogP contribution in [0, 0.1) is 0 Å². The number of para-hydroxylation sites is 2. The zero-order valence-electron chi connectivity index (χ0n) is 8.40.